The molecule has 0 radical (unpaired) electrons. The van der Waals surface area contributed by atoms with Gasteiger partial charge in [-0.1, -0.05) is 11.8 Å². The first-order valence-corrected chi connectivity index (χ1v) is 3.48. The second kappa shape index (κ2) is 2.07. The summed E-state index contributed by atoms with van der Waals surface area (Å²) in [5.74, 6) is 0. The largest absolute Gasteiger partial charge is 0.286 e. The summed E-state index contributed by atoms with van der Waals surface area (Å²) < 4.78 is 0. The summed E-state index contributed by atoms with van der Waals surface area (Å²) in [6.07, 6.45) is 0. The Hall–Kier alpha value is -0.0200. The van der Waals surface area contributed by atoms with Crippen LogP contribution in [0.3, 0.4) is 0 Å². The van der Waals surface area contributed by atoms with Gasteiger partial charge in [-0.3, -0.25) is 9.69 Å². The van der Waals surface area contributed by atoms with E-state index in [-0.39, 0.29) is 0 Å². The zero-order valence-corrected chi connectivity index (χ0v) is 5.86. The molecule has 8 heavy (non-hydrogen) atoms. The van der Waals surface area contributed by atoms with E-state index in [9.17, 15) is 4.79 Å². The molecule has 1 unspecified atom stereocenters. The van der Waals surface area contributed by atoms with Crippen molar-refractivity contribution < 1.29 is 4.79 Å². The van der Waals surface area contributed by atoms with Crippen LogP contribution in [0.5, 0.6) is 0 Å². The minimum atomic E-state index is 0.292. The summed E-state index contributed by atoms with van der Waals surface area (Å²) >= 11 is 1.42. The van der Waals surface area contributed by atoms with E-state index in [0.29, 0.717) is 17.0 Å². The summed E-state index contributed by atoms with van der Waals surface area (Å²) in [7, 11) is 1.96. The van der Waals surface area contributed by atoms with Gasteiger partial charge in [0.25, 0.3) is 0 Å². The van der Waals surface area contributed by atoms with Crippen molar-refractivity contribution in [2.75, 3.05) is 13.6 Å². The van der Waals surface area contributed by atoms with Crippen LogP contribution in [0.1, 0.15) is 6.92 Å². The third kappa shape index (κ3) is 1.03. The Morgan fingerprint density at radius 3 is 2.62 bits per heavy atom. The van der Waals surface area contributed by atoms with Gasteiger partial charge in [0.1, 0.15) is 0 Å². The van der Waals surface area contributed by atoms with Gasteiger partial charge in [-0.2, -0.15) is 0 Å². The molecule has 0 aromatic rings. The van der Waals surface area contributed by atoms with Gasteiger partial charge in [-0.05, 0) is 14.0 Å². The van der Waals surface area contributed by atoms with Gasteiger partial charge in [0.05, 0.1) is 11.9 Å². The Labute approximate surface area is 53.2 Å². The molecule has 0 saturated carbocycles. The van der Waals surface area contributed by atoms with E-state index in [0.717, 1.165) is 0 Å². The van der Waals surface area contributed by atoms with E-state index < -0.39 is 0 Å². The predicted molar refractivity (Wildman–Crippen MR) is 34.7 cm³/mol. The van der Waals surface area contributed by atoms with Gasteiger partial charge in [0.2, 0.25) is 5.12 Å². The van der Waals surface area contributed by atoms with Crippen molar-refractivity contribution in [3.63, 3.8) is 0 Å². The van der Waals surface area contributed by atoms with Gasteiger partial charge < -0.3 is 0 Å². The second-order valence-electron chi connectivity index (χ2n) is 2.00. The lowest BCUT2D eigenvalue weighted by Gasteiger charge is -2.09. The summed E-state index contributed by atoms with van der Waals surface area (Å²) in [4.78, 5) is 12.6. The lowest BCUT2D eigenvalue weighted by Crippen LogP contribution is -2.20. The number of rotatable bonds is 0. The topological polar surface area (TPSA) is 20.3 Å². The van der Waals surface area contributed by atoms with E-state index in [2.05, 4.69) is 0 Å². The lowest BCUT2D eigenvalue weighted by atomic mass is 10.6. The number of likely N-dealkylation sites (N-methyl/N-ethyl adjacent to an activating group) is 1. The van der Waals surface area contributed by atoms with Crippen LogP contribution >= 0.6 is 11.8 Å². The maximum atomic E-state index is 10.6. The Morgan fingerprint density at radius 2 is 2.50 bits per heavy atom. The number of hydrogen-bond acceptors (Lipinski definition) is 3. The minimum Gasteiger partial charge on any atom is -0.286 e. The van der Waals surface area contributed by atoms with Crippen LogP contribution in [0.25, 0.3) is 0 Å². The maximum Gasteiger partial charge on any atom is 0.204 e. The quantitative estimate of drug-likeness (QED) is 0.478. The molecule has 3 heteroatoms. The summed E-state index contributed by atoms with van der Waals surface area (Å²) in [6.45, 7) is 2.65. The van der Waals surface area contributed by atoms with E-state index in [1.54, 1.807) is 0 Å². The molecule has 0 aromatic carbocycles. The minimum absolute atomic E-state index is 0.292. The van der Waals surface area contributed by atoms with Gasteiger partial charge in [0, 0.05) is 0 Å². The molecule has 1 rings (SSSR count). The van der Waals surface area contributed by atoms with Crippen molar-refractivity contribution in [1.82, 2.24) is 4.90 Å². The smallest absolute Gasteiger partial charge is 0.204 e. The van der Waals surface area contributed by atoms with Crippen LogP contribution in [0.15, 0.2) is 0 Å². The molecule has 0 bridgehead atoms. The molecule has 2 nitrogen and oxygen atoms in total. The van der Waals surface area contributed by atoms with Crippen LogP contribution in [-0.4, -0.2) is 29.0 Å². The van der Waals surface area contributed by atoms with Crippen molar-refractivity contribution in [3.8, 4) is 0 Å². The van der Waals surface area contributed by atoms with Gasteiger partial charge >= 0.3 is 0 Å². The number of thioether (sulfide) groups is 1. The molecular weight excluding hydrogens is 122 g/mol. The van der Waals surface area contributed by atoms with E-state index >= 15 is 0 Å². The Morgan fingerprint density at radius 1 is 1.88 bits per heavy atom. The zero-order chi connectivity index (χ0) is 6.15. The van der Waals surface area contributed by atoms with Crippen LogP contribution in [-0.2, 0) is 4.79 Å². The van der Waals surface area contributed by atoms with Crippen molar-refractivity contribution in [1.29, 1.82) is 0 Å². The SMILES string of the molecule is CC1SC(=O)CN1C. The molecule has 1 atom stereocenters. The molecule has 0 spiro atoms. The molecule has 1 fully saturated rings. The van der Waals surface area contributed by atoms with Gasteiger partial charge in [-0.15, -0.1) is 0 Å². The molecule has 46 valence electrons. The van der Waals surface area contributed by atoms with Crippen molar-refractivity contribution in [2.24, 2.45) is 0 Å². The molecule has 1 heterocycles. The fraction of sp³-hybridized carbons (Fsp3) is 0.800. The van der Waals surface area contributed by atoms with Crippen LogP contribution in [0, 0.1) is 0 Å². The fourth-order valence-electron chi connectivity index (χ4n) is 0.650. The summed E-state index contributed by atoms with van der Waals surface area (Å²) in [5, 5.41) is 0.683. The first-order chi connectivity index (χ1) is 3.70. The molecule has 0 amide bonds. The average molecular weight is 131 g/mol. The first kappa shape index (κ1) is 6.11. The van der Waals surface area contributed by atoms with Gasteiger partial charge in [-0.25, -0.2) is 0 Å². The Balaban J connectivity index is 2.51. The van der Waals surface area contributed by atoms with Crippen molar-refractivity contribution >= 4 is 16.9 Å². The Kier molecular flexibility index (Phi) is 1.58. The molecule has 1 saturated heterocycles. The van der Waals surface area contributed by atoms with Crippen LogP contribution in [0.4, 0.5) is 0 Å². The highest BCUT2D eigenvalue weighted by molar-refractivity contribution is 8.14. The van der Waals surface area contributed by atoms with E-state index in [1.165, 1.54) is 11.8 Å². The monoisotopic (exact) mass is 131 g/mol. The fourth-order valence-corrected chi connectivity index (χ4v) is 1.56. The highest BCUT2D eigenvalue weighted by Gasteiger charge is 2.23. The highest BCUT2D eigenvalue weighted by atomic mass is 32.2. The van der Waals surface area contributed by atoms with Crippen molar-refractivity contribution in [2.45, 2.75) is 12.3 Å². The predicted octanol–water partition coefficient (Wildman–Crippen LogP) is 0.538. The highest BCUT2D eigenvalue weighted by Crippen LogP contribution is 2.21. The molecule has 1 aliphatic rings. The van der Waals surface area contributed by atoms with Crippen molar-refractivity contribution in [3.05, 3.63) is 0 Å². The second-order valence-corrected chi connectivity index (χ2v) is 3.38. The Bertz CT molecular complexity index is 103. The number of carbonyl (C=O) groups is 1. The summed E-state index contributed by atoms with van der Waals surface area (Å²) in [5.41, 5.74) is 0. The summed E-state index contributed by atoms with van der Waals surface area (Å²) in [6, 6.07) is 0. The third-order valence-corrected chi connectivity index (χ3v) is 2.39. The zero-order valence-electron chi connectivity index (χ0n) is 5.05. The maximum absolute atomic E-state index is 10.6. The first-order valence-electron chi connectivity index (χ1n) is 2.60. The van der Waals surface area contributed by atoms with E-state index in [1.807, 2.05) is 18.9 Å². The third-order valence-electron chi connectivity index (χ3n) is 1.30. The molecular formula is C5H9NOS. The van der Waals surface area contributed by atoms with Crippen LogP contribution in [0.2, 0.25) is 0 Å². The number of hydrogen-bond donors (Lipinski definition) is 0. The molecule has 0 aliphatic carbocycles. The molecule has 1 aliphatic heterocycles. The molecule has 0 N–H and O–H groups in total. The van der Waals surface area contributed by atoms with Crippen LogP contribution < -0.4 is 0 Å². The number of nitrogens with zero attached hydrogens (tertiary/aromatic N) is 1. The molecule has 0 aromatic heterocycles. The normalized spacial score (nSPS) is 31.8. The standard InChI is InChI=1S/C5H9NOS/c1-4-6(2)3-5(7)8-4/h4H,3H2,1-2H3. The van der Waals surface area contributed by atoms with E-state index in [4.69, 9.17) is 0 Å². The number of carbonyl (C=O) groups excluding carboxylic acids is 1. The average Bonchev–Trinajstić information content (AvgIpc) is 1.85. The van der Waals surface area contributed by atoms with Gasteiger partial charge in [0.15, 0.2) is 0 Å². The lowest BCUT2D eigenvalue weighted by molar-refractivity contribution is -0.110.